The molecule has 0 aromatic carbocycles. The van der Waals surface area contributed by atoms with Gasteiger partial charge >= 0.3 is 0 Å². The van der Waals surface area contributed by atoms with E-state index in [0.717, 1.165) is 60.8 Å². The fraction of sp³-hybridized carbons (Fsp3) is 0.647. The van der Waals surface area contributed by atoms with Gasteiger partial charge in [0.25, 0.3) is 0 Å². The minimum Gasteiger partial charge on any atom is -0.356 e. The topological polar surface area (TPSA) is 71.8 Å². The van der Waals surface area contributed by atoms with E-state index in [2.05, 4.69) is 48.1 Å². The molecule has 0 atom stereocenters. The van der Waals surface area contributed by atoms with Gasteiger partial charge in [0.15, 0.2) is 5.16 Å². The summed E-state index contributed by atoms with van der Waals surface area (Å²) in [7, 11) is 2.06. The summed E-state index contributed by atoms with van der Waals surface area (Å²) >= 11 is 1.57. The van der Waals surface area contributed by atoms with Crippen molar-refractivity contribution >= 4 is 30.0 Å². The van der Waals surface area contributed by atoms with Crippen LogP contribution in [0.25, 0.3) is 0 Å². The molecule has 7 nitrogen and oxygen atoms in total. The predicted octanol–water partition coefficient (Wildman–Crippen LogP) is 2.64. The average Bonchev–Trinajstić information content (AvgIpc) is 3.04. The second kappa shape index (κ2) is 9.01. The van der Waals surface area contributed by atoms with Crippen LogP contribution < -0.4 is 10.2 Å². The van der Waals surface area contributed by atoms with Gasteiger partial charge in [0, 0.05) is 32.1 Å². The molecule has 2 aromatic rings. The zero-order valence-corrected chi connectivity index (χ0v) is 16.7. The minimum absolute atomic E-state index is 0. The van der Waals surface area contributed by atoms with Crippen LogP contribution in [0.2, 0.25) is 0 Å². The Morgan fingerprint density at radius 1 is 1.08 bits per heavy atom. The van der Waals surface area contributed by atoms with Gasteiger partial charge in [0.05, 0.1) is 0 Å². The highest BCUT2D eigenvalue weighted by Crippen LogP contribution is 2.30. The molecular formula is C17H26ClN7S. The first-order valence-electron chi connectivity index (χ1n) is 9.16. The third-order valence-electron chi connectivity index (χ3n) is 5.08. The van der Waals surface area contributed by atoms with Crippen molar-refractivity contribution in [1.82, 2.24) is 30.0 Å². The van der Waals surface area contributed by atoms with Gasteiger partial charge in [-0.1, -0.05) is 0 Å². The Balaban J connectivity index is 0.00000196. The van der Waals surface area contributed by atoms with Crippen LogP contribution in [0, 0.1) is 0 Å². The molecule has 0 aliphatic carbocycles. The lowest BCUT2D eigenvalue weighted by Gasteiger charge is -2.27. The van der Waals surface area contributed by atoms with Crippen molar-refractivity contribution in [1.29, 1.82) is 0 Å². The van der Waals surface area contributed by atoms with Gasteiger partial charge < -0.3 is 14.8 Å². The number of hydrogen-bond acceptors (Lipinski definition) is 7. The molecule has 0 spiro atoms. The number of anilines is 1. The van der Waals surface area contributed by atoms with Crippen LogP contribution in [0.1, 0.15) is 43.8 Å². The van der Waals surface area contributed by atoms with Crippen LogP contribution in [-0.2, 0) is 7.05 Å². The van der Waals surface area contributed by atoms with Crippen molar-refractivity contribution in [3.05, 3.63) is 18.2 Å². The summed E-state index contributed by atoms with van der Waals surface area (Å²) in [5.74, 6) is 2.62. The van der Waals surface area contributed by atoms with Crippen LogP contribution >= 0.6 is 24.2 Å². The Bertz CT molecular complexity index is 711. The molecule has 0 amide bonds. The summed E-state index contributed by atoms with van der Waals surface area (Å²) < 4.78 is 2.13. The Hall–Kier alpha value is -1.38. The fourth-order valence-electron chi connectivity index (χ4n) is 3.63. The molecule has 2 aliphatic rings. The number of hydrogen-bond donors (Lipinski definition) is 1. The van der Waals surface area contributed by atoms with Gasteiger partial charge in [-0.3, -0.25) is 0 Å². The maximum atomic E-state index is 4.46. The van der Waals surface area contributed by atoms with E-state index in [9.17, 15) is 0 Å². The highest BCUT2D eigenvalue weighted by molar-refractivity contribution is 7.99. The van der Waals surface area contributed by atoms with Gasteiger partial charge in [-0.25, -0.2) is 9.97 Å². The zero-order chi connectivity index (χ0) is 17.1. The van der Waals surface area contributed by atoms with Gasteiger partial charge in [0.1, 0.15) is 23.0 Å². The molecule has 26 heavy (non-hydrogen) atoms. The van der Waals surface area contributed by atoms with E-state index in [1.165, 1.54) is 19.3 Å². The maximum absolute atomic E-state index is 4.46. The third kappa shape index (κ3) is 4.29. The molecular weight excluding hydrogens is 370 g/mol. The molecule has 2 aromatic heterocycles. The van der Waals surface area contributed by atoms with Crippen LogP contribution in [0.3, 0.4) is 0 Å². The number of aromatic nitrogens is 5. The molecule has 142 valence electrons. The van der Waals surface area contributed by atoms with Gasteiger partial charge in [0.2, 0.25) is 0 Å². The van der Waals surface area contributed by atoms with Gasteiger partial charge in [-0.2, -0.15) is 0 Å². The van der Waals surface area contributed by atoms with Crippen LogP contribution in [-0.4, -0.2) is 50.9 Å². The van der Waals surface area contributed by atoms with Crippen molar-refractivity contribution in [3.8, 4) is 0 Å². The quantitative estimate of drug-likeness (QED) is 0.797. The summed E-state index contributed by atoms with van der Waals surface area (Å²) in [6, 6.07) is 2.08. The predicted molar refractivity (Wildman–Crippen MR) is 105 cm³/mol. The summed E-state index contributed by atoms with van der Waals surface area (Å²) in [5.41, 5.74) is 0. The monoisotopic (exact) mass is 395 g/mol. The van der Waals surface area contributed by atoms with Crippen molar-refractivity contribution in [3.63, 3.8) is 0 Å². The first-order valence-corrected chi connectivity index (χ1v) is 9.98. The Labute approximate surface area is 164 Å². The highest BCUT2D eigenvalue weighted by atomic mass is 35.5. The molecule has 0 saturated carbocycles. The molecule has 2 saturated heterocycles. The van der Waals surface area contributed by atoms with E-state index >= 15 is 0 Å². The number of rotatable bonds is 4. The smallest absolute Gasteiger partial charge is 0.197 e. The molecule has 1 N–H and O–H groups in total. The van der Waals surface area contributed by atoms with Gasteiger partial charge in [-0.15, -0.1) is 22.6 Å². The van der Waals surface area contributed by atoms with Crippen LogP contribution in [0.4, 0.5) is 5.82 Å². The average molecular weight is 396 g/mol. The minimum atomic E-state index is 0. The SMILES string of the molecule is Cl.Cn1c(Sc2cc(N3CCCCC3)ncn2)nnc1C1CCNCC1. The molecule has 2 aliphatic heterocycles. The van der Waals surface area contributed by atoms with E-state index in [-0.39, 0.29) is 12.4 Å². The summed E-state index contributed by atoms with van der Waals surface area (Å²) in [4.78, 5) is 11.2. The number of nitrogens with one attached hydrogen (secondary N) is 1. The Morgan fingerprint density at radius 3 is 2.62 bits per heavy atom. The van der Waals surface area contributed by atoms with E-state index in [4.69, 9.17) is 0 Å². The fourth-order valence-corrected chi connectivity index (χ4v) is 4.39. The second-order valence-electron chi connectivity index (χ2n) is 6.79. The van der Waals surface area contributed by atoms with Crippen molar-refractivity contribution < 1.29 is 0 Å². The standard InChI is InChI=1S/C17H25N7S.ClH/c1-23-16(13-5-7-18-8-6-13)21-22-17(23)25-15-11-14(19-12-20-15)24-9-3-2-4-10-24;/h11-13,18H,2-10H2,1H3;1H. The third-order valence-corrected chi connectivity index (χ3v) is 6.05. The van der Waals surface area contributed by atoms with Crippen molar-refractivity contribution in [2.24, 2.45) is 7.05 Å². The van der Waals surface area contributed by atoms with Crippen molar-refractivity contribution in [2.75, 3.05) is 31.1 Å². The molecule has 0 bridgehead atoms. The summed E-state index contributed by atoms with van der Waals surface area (Å²) in [6.45, 7) is 4.30. The van der Waals surface area contributed by atoms with E-state index in [1.54, 1.807) is 18.1 Å². The van der Waals surface area contributed by atoms with Gasteiger partial charge in [-0.05, 0) is 57.0 Å². The lowest BCUT2D eigenvalue weighted by molar-refractivity contribution is 0.434. The molecule has 0 unspecified atom stereocenters. The first-order chi connectivity index (χ1) is 12.3. The largest absolute Gasteiger partial charge is 0.356 e. The summed E-state index contributed by atoms with van der Waals surface area (Å²) in [6.07, 6.45) is 7.73. The van der Waals surface area contributed by atoms with E-state index < -0.39 is 0 Å². The molecule has 2 fully saturated rings. The van der Waals surface area contributed by atoms with Crippen LogP contribution in [0.15, 0.2) is 22.6 Å². The van der Waals surface area contributed by atoms with Crippen molar-refractivity contribution in [2.45, 2.75) is 48.2 Å². The zero-order valence-electron chi connectivity index (χ0n) is 15.1. The Morgan fingerprint density at radius 2 is 1.85 bits per heavy atom. The van der Waals surface area contributed by atoms with E-state index in [0.29, 0.717) is 5.92 Å². The lowest BCUT2D eigenvalue weighted by Crippen LogP contribution is -2.30. The molecule has 9 heteroatoms. The number of nitrogens with zero attached hydrogens (tertiary/aromatic N) is 6. The Kier molecular flexibility index (Phi) is 6.72. The lowest BCUT2D eigenvalue weighted by atomic mass is 9.97. The highest BCUT2D eigenvalue weighted by Gasteiger charge is 2.22. The second-order valence-corrected chi connectivity index (χ2v) is 7.78. The molecule has 4 heterocycles. The number of halogens is 1. The normalized spacial score (nSPS) is 18.6. The number of piperidine rings is 2. The molecule has 4 rings (SSSR count). The first kappa shape index (κ1) is 19.4. The summed E-state index contributed by atoms with van der Waals surface area (Å²) in [5, 5.41) is 14.1. The molecule has 0 radical (unpaired) electrons. The van der Waals surface area contributed by atoms with E-state index in [1.807, 2.05) is 0 Å². The van der Waals surface area contributed by atoms with Crippen LogP contribution in [0.5, 0.6) is 0 Å². The maximum Gasteiger partial charge on any atom is 0.197 e.